The minimum absolute atomic E-state index is 0.0698. The topological polar surface area (TPSA) is 63.6 Å². The van der Waals surface area contributed by atoms with Crippen LogP contribution in [0.3, 0.4) is 0 Å². The maximum absolute atomic E-state index is 13.2. The van der Waals surface area contributed by atoms with Gasteiger partial charge in [0.25, 0.3) is 0 Å². The molecule has 0 amide bonds. The molecule has 4 saturated carbocycles. The second-order valence-corrected chi connectivity index (χ2v) is 15.0. The van der Waals surface area contributed by atoms with Gasteiger partial charge >= 0.3 is 5.97 Å². The Morgan fingerprint density at radius 1 is 1.08 bits per heavy atom. The van der Waals surface area contributed by atoms with Crippen molar-refractivity contribution in [3.8, 4) is 0 Å². The minimum Gasteiger partial charge on any atom is -0.462 e. The molecule has 0 heterocycles. The third kappa shape index (κ3) is 3.85. The lowest BCUT2D eigenvalue weighted by Gasteiger charge is -2.74. The fourth-order valence-electron chi connectivity index (χ4n) is 11.1. The van der Waals surface area contributed by atoms with E-state index in [1.807, 2.05) is 0 Å². The van der Waals surface area contributed by atoms with E-state index >= 15 is 0 Å². The molecule has 208 valence electrons. The number of carbonyl (C=O) groups is 2. The predicted molar refractivity (Wildman–Crippen MR) is 147 cm³/mol. The third-order valence-corrected chi connectivity index (χ3v) is 13.0. The molecule has 0 aliphatic heterocycles. The molecule has 0 saturated heterocycles. The van der Waals surface area contributed by atoms with Crippen molar-refractivity contribution in [1.29, 1.82) is 0 Å². The Bertz CT molecular complexity index is 967. The van der Waals surface area contributed by atoms with Crippen molar-refractivity contribution in [2.24, 2.45) is 51.2 Å². The second-order valence-electron chi connectivity index (χ2n) is 15.0. The fraction of sp³-hybridized carbons (Fsp3) is 0.879. The van der Waals surface area contributed by atoms with Crippen LogP contribution in [0.25, 0.3) is 0 Å². The van der Waals surface area contributed by atoms with Crippen LogP contribution in [0.5, 0.6) is 0 Å². The normalized spacial score (nSPS) is 48.5. The average molecular weight is 513 g/mol. The Labute approximate surface area is 225 Å². The molecule has 0 aromatic carbocycles. The molecule has 1 spiro atoms. The first-order valence-electron chi connectivity index (χ1n) is 15.4. The number of rotatable bonds is 6. The highest BCUT2D eigenvalue weighted by atomic mass is 16.5. The van der Waals surface area contributed by atoms with Crippen LogP contribution in [0.2, 0.25) is 0 Å². The maximum Gasteiger partial charge on any atom is 0.306 e. The van der Waals surface area contributed by atoms with Crippen molar-refractivity contribution in [3.05, 3.63) is 11.6 Å². The number of Topliss-reactive ketones (excluding diaryl/α,β-unsaturated/α-hetero) is 1. The summed E-state index contributed by atoms with van der Waals surface area (Å²) in [6.07, 6.45) is 12.7. The Balaban J connectivity index is 1.57. The lowest BCUT2D eigenvalue weighted by molar-refractivity contribution is -0.288. The summed E-state index contributed by atoms with van der Waals surface area (Å²) >= 11 is 0. The highest BCUT2D eigenvalue weighted by molar-refractivity contribution is 5.94. The van der Waals surface area contributed by atoms with Crippen molar-refractivity contribution in [3.63, 3.8) is 0 Å². The summed E-state index contributed by atoms with van der Waals surface area (Å²) < 4.78 is 6.52. The Hall–Kier alpha value is -1.16. The van der Waals surface area contributed by atoms with Crippen LogP contribution in [0.4, 0.5) is 0 Å². The van der Waals surface area contributed by atoms with E-state index < -0.39 is 6.10 Å². The Morgan fingerprint density at radius 3 is 2.41 bits per heavy atom. The van der Waals surface area contributed by atoms with E-state index in [1.165, 1.54) is 38.5 Å². The zero-order valence-corrected chi connectivity index (χ0v) is 24.6. The summed E-state index contributed by atoms with van der Waals surface area (Å²) in [5.41, 5.74) is 1.24. The molecule has 0 bridgehead atoms. The van der Waals surface area contributed by atoms with Gasteiger partial charge in [-0.15, -0.1) is 0 Å². The van der Waals surface area contributed by atoms with Gasteiger partial charge < -0.3 is 9.84 Å². The van der Waals surface area contributed by atoms with Gasteiger partial charge in [0.1, 0.15) is 6.10 Å². The molecule has 10 atom stereocenters. The maximum atomic E-state index is 13.2. The number of aliphatic hydroxyl groups excluding tert-OH is 1. The van der Waals surface area contributed by atoms with Gasteiger partial charge in [-0.05, 0) is 104 Å². The lowest BCUT2D eigenvalue weighted by atomic mass is 9.31. The van der Waals surface area contributed by atoms with Gasteiger partial charge in [0.2, 0.25) is 0 Å². The first kappa shape index (κ1) is 27.4. The smallest absolute Gasteiger partial charge is 0.306 e. The van der Waals surface area contributed by atoms with Gasteiger partial charge in [0, 0.05) is 17.8 Å². The van der Waals surface area contributed by atoms with Gasteiger partial charge in [-0.1, -0.05) is 60.5 Å². The zero-order valence-electron chi connectivity index (χ0n) is 24.6. The van der Waals surface area contributed by atoms with Crippen LogP contribution in [0, 0.1) is 51.2 Å². The van der Waals surface area contributed by atoms with E-state index in [1.54, 1.807) is 6.92 Å². The fourth-order valence-corrected chi connectivity index (χ4v) is 11.1. The predicted octanol–water partition coefficient (Wildman–Crippen LogP) is 7.28. The van der Waals surface area contributed by atoms with Crippen molar-refractivity contribution >= 4 is 11.8 Å². The number of hydrogen-bond donors (Lipinski definition) is 1. The number of hydrogen-bond acceptors (Lipinski definition) is 4. The van der Waals surface area contributed by atoms with E-state index in [0.717, 1.165) is 24.8 Å². The number of ether oxygens (including phenoxy) is 1. The van der Waals surface area contributed by atoms with Crippen LogP contribution in [-0.4, -0.2) is 29.1 Å². The first-order valence-corrected chi connectivity index (χ1v) is 15.4. The van der Waals surface area contributed by atoms with Gasteiger partial charge in [-0.2, -0.15) is 0 Å². The van der Waals surface area contributed by atoms with E-state index in [-0.39, 0.29) is 40.0 Å². The molecule has 5 aliphatic rings. The molecule has 0 radical (unpaired) electrons. The van der Waals surface area contributed by atoms with Crippen LogP contribution in [0.15, 0.2) is 11.6 Å². The van der Waals surface area contributed by atoms with Crippen molar-refractivity contribution in [2.45, 2.75) is 131 Å². The molecule has 0 aromatic heterocycles. The van der Waals surface area contributed by atoms with E-state index in [4.69, 9.17) is 4.74 Å². The van der Waals surface area contributed by atoms with E-state index in [9.17, 15) is 14.7 Å². The number of aliphatic hydroxyl groups is 1. The van der Waals surface area contributed by atoms with Crippen molar-refractivity contribution in [1.82, 2.24) is 0 Å². The van der Waals surface area contributed by atoms with Crippen LogP contribution in [-0.2, 0) is 14.3 Å². The molecule has 4 fully saturated rings. The SMILES string of the molecule is CC[C@@]1(C)CCC[C@]2(C)[C@H]3C[C@H](OC(=O)CCC(C)C)[C@]45C[C@H](O)[C@H]4C(C(C)=O)=CC[C@H]5[C@]3(C)CC[C@@H]12. The molecule has 4 heteroatoms. The number of carbonyl (C=O) groups excluding carboxylic acids is 2. The molecule has 4 nitrogen and oxygen atoms in total. The van der Waals surface area contributed by atoms with Crippen LogP contribution in [0.1, 0.15) is 119 Å². The number of fused-ring (bicyclic) bond motifs is 4. The van der Waals surface area contributed by atoms with Gasteiger partial charge in [-0.3, -0.25) is 9.59 Å². The highest BCUT2D eigenvalue weighted by Gasteiger charge is 2.74. The average Bonchev–Trinajstić information content (AvgIpc) is 2.82. The molecule has 0 unspecified atom stereocenters. The summed E-state index contributed by atoms with van der Waals surface area (Å²) in [4.78, 5) is 26.0. The monoisotopic (exact) mass is 512 g/mol. The Morgan fingerprint density at radius 2 is 1.78 bits per heavy atom. The largest absolute Gasteiger partial charge is 0.462 e. The van der Waals surface area contributed by atoms with E-state index in [0.29, 0.717) is 41.9 Å². The van der Waals surface area contributed by atoms with Gasteiger partial charge in [0.15, 0.2) is 5.78 Å². The third-order valence-electron chi connectivity index (χ3n) is 13.0. The summed E-state index contributed by atoms with van der Waals surface area (Å²) in [6, 6.07) is 0. The van der Waals surface area contributed by atoms with Crippen LogP contribution >= 0.6 is 0 Å². The lowest BCUT2D eigenvalue weighted by Crippen LogP contribution is -2.73. The molecular formula is C33H52O4. The number of allylic oxidation sites excluding steroid dienone is 1. The molecule has 0 aromatic rings. The quantitative estimate of drug-likeness (QED) is 0.380. The number of ketones is 1. The van der Waals surface area contributed by atoms with E-state index in [2.05, 4.69) is 47.6 Å². The van der Waals surface area contributed by atoms with Gasteiger partial charge in [0.05, 0.1) is 6.10 Å². The molecule has 5 aliphatic carbocycles. The molecule has 37 heavy (non-hydrogen) atoms. The van der Waals surface area contributed by atoms with Crippen molar-refractivity contribution < 1.29 is 19.4 Å². The molecule has 5 rings (SSSR count). The standard InChI is InChI=1S/C33H52O4/c1-8-30(5)15-9-16-31(6)24(30)14-17-32(7)25-12-11-22(21(4)34)29-23(35)19-33(25,29)27(18-26(31)32)37-28(36)13-10-20(2)3/h11,20,23-27,29,35H,8-10,12-19H2,1-7H3/t23-,24-,25-,26+,27-,29+,30-,31-,32-,33+/m0/s1. The first-order chi connectivity index (χ1) is 17.3. The van der Waals surface area contributed by atoms with Crippen molar-refractivity contribution in [2.75, 3.05) is 0 Å². The summed E-state index contributed by atoms with van der Waals surface area (Å²) in [6.45, 7) is 16.0. The minimum atomic E-state index is -0.514. The van der Waals surface area contributed by atoms with Gasteiger partial charge in [-0.25, -0.2) is 0 Å². The number of esters is 1. The summed E-state index contributed by atoms with van der Waals surface area (Å²) in [5, 5.41) is 11.1. The van der Waals surface area contributed by atoms with Crippen LogP contribution < -0.4 is 0 Å². The highest BCUT2D eigenvalue weighted by Crippen LogP contribution is 2.77. The summed E-state index contributed by atoms with van der Waals surface area (Å²) in [7, 11) is 0. The molecule has 1 N–H and O–H groups in total. The summed E-state index contributed by atoms with van der Waals surface area (Å²) in [5.74, 6) is 1.79. The zero-order chi connectivity index (χ0) is 27.0. The molecular weight excluding hydrogens is 460 g/mol. The Kier molecular flexibility index (Phi) is 6.82. The second kappa shape index (κ2) is 9.20.